The number of hydroxylamine groups is 2. The Balaban J connectivity index is 0.00000481. The zero-order chi connectivity index (χ0) is 26.7. The number of hydrogen-bond acceptors (Lipinski definition) is 9. The Bertz CT molecular complexity index is 1140. The van der Waals surface area contributed by atoms with E-state index in [1.165, 1.54) is 23.9 Å². The molecule has 0 aromatic heterocycles. The second-order valence-corrected chi connectivity index (χ2v) is 13.5. The Kier molecular flexibility index (Phi) is 10.7. The summed E-state index contributed by atoms with van der Waals surface area (Å²) in [4.78, 5) is 28.4. The maximum Gasteiger partial charge on any atom is 0.238 e. The first kappa shape index (κ1) is 31.2. The quantitative estimate of drug-likeness (QED) is 0.461. The summed E-state index contributed by atoms with van der Waals surface area (Å²) >= 11 is 1.43. The van der Waals surface area contributed by atoms with Crippen molar-refractivity contribution in [3.8, 4) is 17.6 Å². The molecule has 0 spiro atoms. The molecule has 2 heterocycles. The van der Waals surface area contributed by atoms with Gasteiger partial charge in [-0.2, -0.15) is 5.06 Å². The average Bonchev–Trinajstić information content (AvgIpc) is 2.78. The molecule has 13 heteroatoms. The second-order valence-electron chi connectivity index (χ2n) is 9.48. The van der Waals surface area contributed by atoms with Crippen molar-refractivity contribution in [2.45, 2.75) is 53.5 Å². The van der Waals surface area contributed by atoms with Crippen LogP contribution in [0.3, 0.4) is 0 Å². The van der Waals surface area contributed by atoms with Crippen LogP contribution in [0.1, 0.15) is 27.2 Å². The number of nitrogens with zero attached hydrogens (tertiary/aromatic N) is 3. The first-order chi connectivity index (χ1) is 16.9. The Morgan fingerprint density at radius 1 is 1.22 bits per heavy atom. The van der Waals surface area contributed by atoms with Crippen LogP contribution in [0, 0.1) is 11.8 Å². The van der Waals surface area contributed by atoms with Crippen molar-refractivity contribution in [3.63, 3.8) is 0 Å². The van der Waals surface area contributed by atoms with Gasteiger partial charge in [-0.1, -0.05) is 5.92 Å². The van der Waals surface area contributed by atoms with Gasteiger partial charge in [0.2, 0.25) is 11.8 Å². The average molecular weight is 575 g/mol. The van der Waals surface area contributed by atoms with Gasteiger partial charge in [0.1, 0.15) is 23.8 Å². The summed E-state index contributed by atoms with van der Waals surface area (Å²) in [7, 11) is -2.02. The molecule has 2 aliphatic rings. The molecule has 0 saturated carbocycles. The third kappa shape index (κ3) is 7.31. The van der Waals surface area contributed by atoms with Crippen LogP contribution in [-0.4, -0.2) is 102 Å². The lowest BCUT2D eigenvalue weighted by atomic mass is 10.0. The fourth-order valence-electron chi connectivity index (χ4n) is 4.60. The molecule has 37 heavy (non-hydrogen) atoms. The Morgan fingerprint density at radius 2 is 1.86 bits per heavy atom. The molecule has 3 atom stereocenters. The predicted molar refractivity (Wildman–Crippen MR) is 144 cm³/mol. The topological polar surface area (TPSA) is 133 Å². The highest BCUT2D eigenvalue weighted by atomic mass is 35.5. The molecule has 2 amide bonds. The number of hydrogen-bond donors (Lipinski definition) is 2. The third-order valence-corrected chi connectivity index (χ3v) is 10.1. The molecular formula is C24H35ClN4O6S2. The fraction of sp³-hybridized carbons (Fsp3) is 0.583. The minimum Gasteiger partial charge on any atom is -0.481 e. The number of likely N-dealkylation sites (N-methyl/N-ethyl adjacent to an activating group) is 1. The highest BCUT2D eigenvalue weighted by Gasteiger charge is 2.46. The summed E-state index contributed by atoms with van der Waals surface area (Å²) in [5.74, 6) is 5.22. The van der Waals surface area contributed by atoms with Gasteiger partial charge in [0.05, 0.1) is 11.4 Å². The fourth-order valence-corrected chi connectivity index (χ4v) is 8.07. The van der Waals surface area contributed by atoms with E-state index in [-0.39, 0.29) is 54.6 Å². The molecule has 10 nitrogen and oxygen atoms in total. The second kappa shape index (κ2) is 12.7. The van der Waals surface area contributed by atoms with Crippen LogP contribution in [-0.2, 0) is 19.4 Å². The van der Waals surface area contributed by atoms with Crippen LogP contribution in [0.4, 0.5) is 0 Å². The SMILES string of the molecule is CC#CCOc1ccc(S(=O)(=O)[C@H]2CN(C(=O)C[C@H]3CN(O)C(C(N)=O)C(C)(C)S3)CCN2C)cc1.Cl. The van der Waals surface area contributed by atoms with Gasteiger partial charge in [-0.3, -0.25) is 14.5 Å². The molecular weight excluding hydrogens is 540 g/mol. The van der Waals surface area contributed by atoms with Crippen molar-refractivity contribution >= 4 is 45.8 Å². The number of primary amides is 1. The van der Waals surface area contributed by atoms with Crippen molar-refractivity contribution in [3.05, 3.63) is 24.3 Å². The maximum atomic E-state index is 13.4. The van der Waals surface area contributed by atoms with Gasteiger partial charge in [0, 0.05) is 36.1 Å². The summed E-state index contributed by atoms with van der Waals surface area (Å²) in [5, 5.41) is 10.1. The van der Waals surface area contributed by atoms with E-state index in [4.69, 9.17) is 10.5 Å². The molecule has 2 aliphatic heterocycles. The number of amides is 2. The third-order valence-electron chi connectivity index (χ3n) is 6.43. The van der Waals surface area contributed by atoms with Gasteiger partial charge >= 0.3 is 0 Å². The van der Waals surface area contributed by atoms with E-state index in [1.807, 2.05) is 0 Å². The number of rotatable bonds is 7. The standard InChI is InChI=1S/C24H34N4O6S2.ClH/c1-5-6-13-34-17-7-9-19(10-8-17)36(32,33)21-16-27(12-11-26(21)4)20(29)14-18-15-28(31)22(23(25)30)24(2,3)35-18;/h7-10,18,21-22,31H,11-16H2,1-4H3,(H2,25,30);1H/t18-,21-,22?;/m0./s1. The van der Waals surface area contributed by atoms with Crippen LogP contribution in [0.5, 0.6) is 5.75 Å². The van der Waals surface area contributed by atoms with Crippen LogP contribution in [0.2, 0.25) is 0 Å². The summed E-state index contributed by atoms with van der Waals surface area (Å²) in [6, 6.07) is 5.34. The van der Waals surface area contributed by atoms with Gasteiger partial charge in [-0.05, 0) is 52.1 Å². The van der Waals surface area contributed by atoms with Crippen molar-refractivity contribution in [1.29, 1.82) is 0 Å². The molecule has 206 valence electrons. The molecule has 2 fully saturated rings. The van der Waals surface area contributed by atoms with Gasteiger partial charge in [0.15, 0.2) is 9.84 Å². The van der Waals surface area contributed by atoms with Crippen molar-refractivity contribution in [1.82, 2.24) is 14.9 Å². The minimum atomic E-state index is -3.75. The van der Waals surface area contributed by atoms with Crippen molar-refractivity contribution in [2.24, 2.45) is 5.73 Å². The first-order valence-corrected chi connectivity index (χ1v) is 14.1. The number of carbonyl (C=O) groups is 2. The molecule has 1 aromatic rings. The van der Waals surface area contributed by atoms with Crippen molar-refractivity contribution < 1.29 is 28.0 Å². The number of carbonyl (C=O) groups excluding carboxylic acids is 2. The predicted octanol–water partition coefficient (Wildman–Crippen LogP) is 1.21. The molecule has 0 aliphatic carbocycles. The van der Waals surface area contributed by atoms with E-state index < -0.39 is 31.9 Å². The van der Waals surface area contributed by atoms with E-state index in [2.05, 4.69) is 11.8 Å². The van der Waals surface area contributed by atoms with Crippen molar-refractivity contribution in [2.75, 3.05) is 39.8 Å². The zero-order valence-corrected chi connectivity index (χ0v) is 23.9. The first-order valence-electron chi connectivity index (χ1n) is 11.6. The highest BCUT2D eigenvalue weighted by molar-refractivity contribution is 8.01. The summed E-state index contributed by atoms with van der Waals surface area (Å²) < 4.78 is 31.6. The molecule has 2 saturated heterocycles. The van der Waals surface area contributed by atoms with E-state index in [0.29, 0.717) is 18.8 Å². The van der Waals surface area contributed by atoms with E-state index in [9.17, 15) is 23.2 Å². The number of piperazine rings is 1. The Morgan fingerprint density at radius 3 is 2.43 bits per heavy atom. The van der Waals surface area contributed by atoms with E-state index in [0.717, 1.165) is 5.06 Å². The minimum absolute atomic E-state index is 0. The zero-order valence-electron chi connectivity index (χ0n) is 21.4. The number of nitrogens with two attached hydrogens (primary N) is 1. The highest BCUT2D eigenvalue weighted by Crippen LogP contribution is 2.40. The lowest BCUT2D eigenvalue weighted by Crippen LogP contribution is -2.60. The van der Waals surface area contributed by atoms with E-state index in [1.54, 1.807) is 49.8 Å². The molecule has 1 aromatic carbocycles. The molecule has 0 radical (unpaired) electrons. The normalized spacial score (nSPS) is 24.4. The summed E-state index contributed by atoms with van der Waals surface area (Å²) in [5.41, 5.74) is 5.45. The van der Waals surface area contributed by atoms with Gasteiger partial charge < -0.3 is 20.6 Å². The number of thioether (sulfide) groups is 1. The van der Waals surface area contributed by atoms with Crippen LogP contribution in [0.15, 0.2) is 29.2 Å². The van der Waals surface area contributed by atoms with Gasteiger partial charge in [-0.15, -0.1) is 30.1 Å². The molecule has 1 unspecified atom stereocenters. The lowest BCUT2D eigenvalue weighted by molar-refractivity contribution is -0.159. The summed E-state index contributed by atoms with van der Waals surface area (Å²) in [6.45, 7) is 6.50. The van der Waals surface area contributed by atoms with Gasteiger partial charge in [-0.25, -0.2) is 8.42 Å². The van der Waals surface area contributed by atoms with Gasteiger partial charge in [0.25, 0.3) is 0 Å². The number of benzene rings is 1. The number of halogens is 1. The smallest absolute Gasteiger partial charge is 0.238 e. The molecule has 3 N–H and O–H groups in total. The lowest BCUT2D eigenvalue weighted by Gasteiger charge is -2.45. The maximum absolute atomic E-state index is 13.4. The Labute approximate surface area is 229 Å². The molecule has 3 rings (SSSR count). The monoisotopic (exact) mass is 574 g/mol. The van der Waals surface area contributed by atoms with Crippen LogP contribution in [0.25, 0.3) is 0 Å². The van der Waals surface area contributed by atoms with E-state index >= 15 is 0 Å². The summed E-state index contributed by atoms with van der Waals surface area (Å²) in [6.07, 6.45) is 0.111. The molecule has 0 bridgehead atoms. The number of sulfone groups is 1. The van der Waals surface area contributed by atoms with Crippen LogP contribution >= 0.6 is 24.2 Å². The van der Waals surface area contributed by atoms with Crippen LogP contribution < -0.4 is 10.5 Å². The Hall–Kier alpha value is -2.01. The number of ether oxygens (including phenoxy) is 1. The largest absolute Gasteiger partial charge is 0.481 e.